The van der Waals surface area contributed by atoms with Crippen LogP contribution in [-0.2, 0) is 4.74 Å². The highest BCUT2D eigenvalue weighted by atomic mass is 16.5. The van der Waals surface area contributed by atoms with Gasteiger partial charge in [-0.15, -0.1) is 0 Å². The molecular formula is C15H28N2O. The molecule has 3 saturated heterocycles. The molecule has 3 unspecified atom stereocenters. The maximum Gasteiger partial charge on any atom is 0.0641 e. The van der Waals surface area contributed by atoms with Gasteiger partial charge in [0.1, 0.15) is 0 Å². The Bertz CT molecular complexity index is 292. The summed E-state index contributed by atoms with van der Waals surface area (Å²) < 4.78 is 5.82. The van der Waals surface area contributed by atoms with Crippen LogP contribution in [0.5, 0.6) is 0 Å². The molecule has 18 heavy (non-hydrogen) atoms. The van der Waals surface area contributed by atoms with Crippen LogP contribution in [-0.4, -0.2) is 48.3 Å². The third kappa shape index (κ3) is 2.73. The molecule has 3 rings (SSSR count). The fourth-order valence-electron chi connectivity index (χ4n) is 4.12. The number of hydrogen-bond donors (Lipinski definition) is 1. The van der Waals surface area contributed by atoms with E-state index < -0.39 is 0 Å². The van der Waals surface area contributed by atoms with Gasteiger partial charge in [-0.1, -0.05) is 6.42 Å². The zero-order valence-electron chi connectivity index (χ0n) is 12.0. The molecular weight excluding hydrogens is 224 g/mol. The average molecular weight is 252 g/mol. The van der Waals surface area contributed by atoms with Gasteiger partial charge in [0, 0.05) is 31.3 Å². The molecule has 3 heterocycles. The van der Waals surface area contributed by atoms with Crippen molar-refractivity contribution in [2.45, 2.75) is 76.1 Å². The molecule has 3 aliphatic rings. The number of nitrogens with one attached hydrogen (secondary N) is 1. The molecule has 1 N–H and O–H groups in total. The predicted octanol–water partition coefficient (Wildman–Crippen LogP) is 2.16. The van der Waals surface area contributed by atoms with Gasteiger partial charge in [-0.05, 0) is 52.5 Å². The van der Waals surface area contributed by atoms with Crippen LogP contribution in [0.4, 0.5) is 0 Å². The minimum atomic E-state index is 0.0702. The van der Waals surface area contributed by atoms with Gasteiger partial charge >= 0.3 is 0 Å². The van der Waals surface area contributed by atoms with Crippen LogP contribution in [0.15, 0.2) is 0 Å². The maximum absolute atomic E-state index is 5.82. The summed E-state index contributed by atoms with van der Waals surface area (Å²) >= 11 is 0. The molecule has 0 aliphatic carbocycles. The molecule has 3 atom stereocenters. The average Bonchev–Trinajstić information content (AvgIpc) is 2.72. The van der Waals surface area contributed by atoms with Crippen molar-refractivity contribution in [3.63, 3.8) is 0 Å². The molecule has 3 heteroatoms. The van der Waals surface area contributed by atoms with Crippen LogP contribution in [0.3, 0.4) is 0 Å². The van der Waals surface area contributed by atoms with Gasteiger partial charge in [-0.2, -0.15) is 0 Å². The summed E-state index contributed by atoms with van der Waals surface area (Å²) in [6.07, 6.45) is 7.95. The molecule has 0 saturated carbocycles. The smallest absolute Gasteiger partial charge is 0.0641 e. The lowest BCUT2D eigenvalue weighted by atomic mass is 9.92. The Balaban J connectivity index is 1.56. The van der Waals surface area contributed by atoms with Crippen LogP contribution in [0, 0.1) is 0 Å². The molecule has 3 aliphatic heterocycles. The third-order valence-electron chi connectivity index (χ3n) is 5.00. The van der Waals surface area contributed by atoms with Crippen LogP contribution < -0.4 is 5.32 Å². The van der Waals surface area contributed by atoms with E-state index in [4.69, 9.17) is 4.74 Å². The predicted molar refractivity (Wildman–Crippen MR) is 73.8 cm³/mol. The Labute approximate surface area is 111 Å². The lowest BCUT2D eigenvalue weighted by Gasteiger charge is -2.39. The van der Waals surface area contributed by atoms with Crippen molar-refractivity contribution in [1.82, 2.24) is 10.2 Å². The van der Waals surface area contributed by atoms with Crippen LogP contribution in [0.25, 0.3) is 0 Å². The van der Waals surface area contributed by atoms with E-state index >= 15 is 0 Å². The standard InChI is InChI=1S/C15H28N2O/c1-15(2)11-12(7-10-18-15)16-13-6-9-17-8-4-3-5-14(13)17/h12-14,16H,3-11H2,1-2H3. The zero-order valence-corrected chi connectivity index (χ0v) is 12.0. The first-order valence-corrected chi connectivity index (χ1v) is 7.78. The maximum atomic E-state index is 5.82. The van der Waals surface area contributed by atoms with Gasteiger partial charge in [0.15, 0.2) is 0 Å². The minimum Gasteiger partial charge on any atom is -0.375 e. The van der Waals surface area contributed by atoms with Crippen molar-refractivity contribution in [2.75, 3.05) is 19.7 Å². The van der Waals surface area contributed by atoms with Crippen molar-refractivity contribution in [3.8, 4) is 0 Å². The summed E-state index contributed by atoms with van der Waals surface area (Å²) in [6.45, 7) is 8.02. The number of nitrogens with zero attached hydrogens (tertiary/aromatic N) is 1. The highest BCUT2D eigenvalue weighted by Gasteiger charge is 2.38. The van der Waals surface area contributed by atoms with Gasteiger partial charge in [0.05, 0.1) is 5.60 Å². The van der Waals surface area contributed by atoms with E-state index in [0.29, 0.717) is 6.04 Å². The highest BCUT2D eigenvalue weighted by molar-refractivity contribution is 4.96. The first-order valence-electron chi connectivity index (χ1n) is 7.78. The Morgan fingerprint density at radius 2 is 2.00 bits per heavy atom. The molecule has 104 valence electrons. The Morgan fingerprint density at radius 1 is 1.11 bits per heavy atom. The second-order valence-electron chi connectivity index (χ2n) is 6.96. The topological polar surface area (TPSA) is 24.5 Å². The van der Waals surface area contributed by atoms with E-state index in [-0.39, 0.29) is 5.60 Å². The molecule has 0 spiro atoms. The van der Waals surface area contributed by atoms with Crippen molar-refractivity contribution < 1.29 is 4.74 Å². The quantitative estimate of drug-likeness (QED) is 0.815. The van der Waals surface area contributed by atoms with Gasteiger partial charge in [-0.25, -0.2) is 0 Å². The first kappa shape index (κ1) is 12.9. The molecule has 3 nitrogen and oxygen atoms in total. The number of piperidine rings is 1. The van der Waals surface area contributed by atoms with E-state index in [1.54, 1.807) is 0 Å². The van der Waals surface area contributed by atoms with Gasteiger partial charge in [-0.3, -0.25) is 4.90 Å². The van der Waals surface area contributed by atoms with Crippen LogP contribution >= 0.6 is 0 Å². The second-order valence-corrected chi connectivity index (χ2v) is 6.96. The lowest BCUT2D eigenvalue weighted by Crippen LogP contribution is -2.52. The van der Waals surface area contributed by atoms with Gasteiger partial charge in [0.25, 0.3) is 0 Å². The summed E-state index contributed by atoms with van der Waals surface area (Å²) in [5.41, 5.74) is 0.0702. The lowest BCUT2D eigenvalue weighted by molar-refractivity contribution is -0.0647. The fourth-order valence-corrected chi connectivity index (χ4v) is 4.12. The molecule has 0 radical (unpaired) electrons. The summed E-state index contributed by atoms with van der Waals surface area (Å²) in [7, 11) is 0. The van der Waals surface area contributed by atoms with Crippen molar-refractivity contribution in [1.29, 1.82) is 0 Å². The monoisotopic (exact) mass is 252 g/mol. The number of rotatable bonds is 2. The first-order chi connectivity index (χ1) is 8.64. The SMILES string of the molecule is CC1(C)CC(NC2CCN3CCCCC23)CCO1. The molecule has 0 aromatic rings. The molecule has 0 aromatic carbocycles. The van der Waals surface area contributed by atoms with Crippen molar-refractivity contribution >= 4 is 0 Å². The van der Waals surface area contributed by atoms with Gasteiger partial charge < -0.3 is 10.1 Å². The normalized spacial score (nSPS) is 40.7. The van der Waals surface area contributed by atoms with E-state index in [1.807, 2.05) is 0 Å². The zero-order chi connectivity index (χ0) is 12.6. The Morgan fingerprint density at radius 3 is 2.83 bits per heavy atom. The van der Waals surface area contributed by atoms with Crippen molar-refractivity contribution in [3.05, 3.63) is 0 Å². The largest absolute Gasteiger partial charge is 0.375 e. The number of fused-ring (bicyclic) bond motifs is 1. The van der Waals surface area contributed by atoms with Crippen LogP contribution in [0.1, 0.15) is 52.4 Å². The minimum absolute atomic E-state index is 0.0702. The van der Waals surface area contributed by atoms with E-state index in [2.05, 4.69) is 24.1 Å². The molecule has 0 aromatic heterocycles. The molecule has 3 fully saturated rings. The third-order valence-corrected chi connectivity index (χ3v) is 5.00. The molecule has 0 amide bonds. The Hall–Kier alpha value is -0.120. The molecule has 0 bridgehead atoms. The van der Waals surface area contributed by atoms with Crippen molar-refractivity contribution in [2.24, 2.45) is 0 Å². The summed E-state index contributed by atoms with van der Waals surface area (Å²) in [4.78, 5) is 2.71. The van der Waals surface area contributed by atoms with E-state index in [9.17, 15) is 0 Å². The summed E-state index contributed by atoms with van der Waals surface area (Å²) in [5.74, 6) is 0. The second kappa shape index (κ2) is 5.10. The summed E-state index contributed by atoms with van der Waals surface area (Å²) in [6, 6.07) is 2.23. The van der Waals surface area contributed by atoms with E-state index in [1.165, 1.54) is 45.2 Å². The van der Waals surface area contributed by atoms with Crippen LogP contribution in [0.2, 0.25) is 0 Å². The van der Waals surface area contributed by atoms with Gasteiger partial charge in [0.2, 0.25) is 0 Å². The summed E-state index contributed by atoms with van der Waals surface area (Å²) in [5, 5.41) is 3.95. The Kier molecular flexibility index (Phi) is 3.65. The number of hydrogen-bond acceptors (Lipinski definition) is 3. The van der Waals surface area contributed by atoms with E-state index in [0.717, 1.165) is 25.1 Å². The highest BCUT2D eigenvalue weighted by Crippen LogP contribution is 2.30. The fraction of sp³-hybridized carbons (Fsp3) is 1.00. The number of ether oxygens (including phenoxy) is 1.